The minimum absolute atomic E-state index is 0.000562. The fourth-order valence-electron chi connectivity index (χ4n) is 2.98. The Bertz CT molecular complexity index is 1200. The average molecular weight is 408 g/mol. The van der Waals surface area contributed by atoms with Crippen LogP contribution in [0, 0.1) is 0 Å². The summed E-state index contributed by atoms with van der Waals surface area (Å²) in [5.41, 5.74) is 9.28. The molecule has 154 valence electrons. The molecule has 0 amide bonds. The Morgan fingerprint density at radius 1 is 1.30 bits per heavy atom. The molecule has 0 aromatic carbocycles. The molecule has 4 rings (SSSR count). The molecule has 0 radical (unpaired) electrons. The minimum atomic E-state index is -0.445. The maximum absolute atomic E-state index is 11.9. The van der Waals surface area contributed by atoms with Gasteiger partial charge in [0.05, 0.1) is 50.1 Å². The number of hydrogen-bond donors (Lipinski definition) is 3. The maximum Gasteiger partial charge on any atom is 0.341 e. The molecule has 0 saturated carbocycles. The monoisotopic (exact) mass is 408 g/mol. The molecule has 0 unspecified atom stereocenters. The van der Waals surface area contributed by atoms with Crippen LogP contribution in [-0.4, -0.2) is 54.2 Å². The third kappa shape index (κ3) is 3.78. The van der Waals surface area contributed by atoms with E-state index in [1.54, 1.807) is 34.0 Å². The number of nitrogens with one attached hydrogen (secondary N) is 1. The normalized spacial score (nSPS) is 11.0. The van der Waals surface area contributed by atoms with E-state index in [1.807, 2.05) is 12.1 Å². The fourth-order valence-corrected chi connectivity index (χ4v) is 2.98. The number of esters is 1. The van der Waals surface area contributed by atoms with Crippen molar-refractivity contribution in [2.75, 3.05) is 24.8 Å². The first-order chi connectivity index (χ1) is 14.6. The number of pyridine rings is 1. The zero-order valence-electron chi connectivity index (χ0n) is 16.2. The number of carbonyl (C=O) groups excluding carboxylic acids is 1. The van der Waals surface area contributed by atoms with Crippen LogP contribution >= 0.6 is 0 Å². The van der Waals surface area contributed by atoms with Gasteiger partial charge in [0.1, 0.15) is 5.56 Å². The predicted octanol–water partition coefficient (Wildman–Crippen LogP) is 0.961. The van der Waals surface area contributed by atoms with Crippen LogP contribution in [0.5, 0.6) is 0 Å². The summed E-state index contributed by atoms with van der Waals surface area (Å²) in [6.45, 7) is 0.813. The van der Waals surface area contributed by atoms with Crippen molar-refractivity contribution in [1.29, 1.82) is 0 Å². The molecule has 0 fully saturated rings. The zero-order chi connectivity index (χ0) is 21.1. The van der Waals surface area contributed by atoms with Crippen LogP contribution < -0.4 is 11.1 Å². The van der Waals surface area contributed by atoms with Gasteiger partial charge in [-0.05, 0) is 17.7 Å². The first-order valence-electron chi connectivity index (χ1n) is 9.13. The quantitative estimate of drug-likeness (QED) is 0.381. The van der Waals surface area contributed by atoms with Crippen molar-refractivity contribution >= 4 is 23.1 Å². The van der Waals surface area contributed by atoms with Gasteiger partial charge >= 0.3 is 5.97 Å². The summed E-state index contributed by atoms with van der Waals surface area (Å²) in [4.78, 5) is 20.6. The Morgan fingerprint density at radius 2 is 2.17 bits per heavy atom. The van der Waals surface area contributed by atoms with E-state index < -0.39 is 5.97 Å². The molecule has 0 atom stereocenters. The van der Waals surface area contributed by atoms with Crippen molar-refractivity contribution in [2.45, 2.75) is 13.1 Å². The molecule has 4 aromatic rings. The van der Waals surface area contributed by atoms with Gasteiger partial charge in [-0.2, -0.15) is 10.2 Å². The predicted molar refractivity (Wildman–Crippen MR) is 109 cm³/mol. The van der Waals surface area contributed by atoms with Gasteiger partial charge in [0.15, 0.2) is 11.6 Å². The molecule has 4 N–H and O–H groups in total. The highest BCUT2D eigenvalue weighted by Gasteiger charge is 2.14. The van der Waals surface area contributed by atoms with Crippen molar-refractivity contribution in [3.8, 4) is 11.3 Å². The molecular weight excluding hydrogens is 388 g/mol. The van der Waals surface area contributed by atoms with E-state index in [0.29, 0.717) is 35.7 Å². The number of anilines is 2. The van der Waals surface area contributed by atoms with E-state index in [-0.39, 0.29) is 12.4 Å². The minimum Gasteiger partial charge on any atom is -0.465 e. The van der Waals surface area contributed by atoms with Gasteiger partial charge in [-0.3, -0.25) is 4.68 Å². The van der Waals surface area contributed by atoms with Crippen LogP contribution in [0.4, 0.5) is 11.6 Å². The number of fused-ring (bicyclic) bond motifs is 1. The summed E-state index contributed by atoms with van der Waals surface area (Å²) in [7, 11) is 1.33. The number of hydrogen-bond acceptors (Lipinski definition) is 9. The summed E-state index contributed by atoms with van der Waals surface area (Å²) in [5.74, 6) is 0.255. The van der Waals surface area contributed by atoms with E-state index >= 15 is 0 Å². The molecule has 4 aromatic heterocycles. The first-order valence-corrected chi connectivity index (χ1v) is 9.13. The molecule has 4 heterocycles. The number of methoxy groups -OCH3 is 1. The number of ether oxygens (including phenoxy) is 1. The second-order valence-corrected chi connectivity index (χ2v) is 6.47. The third-order valence-electron chi connectivity index (χ3n) is 4.51. The van der Waals surface area contributed by atoms with E-state index in [0.717, 1.165) is 11.1 Å². The van der Waals surface area contributed by atoms with Crippen molar-refractivity contribution in [2.24, 2.45) is 0 Å². The standard InChI is InChI=1S/C19H20N8O3/c1-30-19(29)14-9-24-27-3-2-12(6-16(14)27)7-22-18-17(20)21-10-15(25-18)13-8-23-26(11-13)4-5-28/h2-3,6,8-11,28H,4-5,7H2,1H3,(H2,20,21)(H,22,25). The Balaban J connectivity index is 1.55. The molecule has 0 saturated heterocycles. The Morgan fingerprint density at radius 3 is 2.97 bits per heavy atom. The number of aromatic nitrogens is 6. The Kier molecular flexibility index (Phi) is 5.26. The number of nitrogens with two attached hydrogens (primary N) is 1. The van der Waals surface area contributed by atoms with E-state index in [9.17, 15) is 4.79 Å². The van der Waals surface area contributed by atoms with Crippen molar-refractivity contribution < 1.29 is 14.6 Å². The summed E-state index contributed by atoms with van der Waals surface area (Å²) >= 11 is 0. The molecule has 0 spiro atoms. The number of nitrogen functional groups attached to an aromatic ring is 1. The largest absolute Gasteiger partial charge is 0.465 e. The fraction of sp³-hybridized carbons (Fsp3) is 0.211. The maximum atomic E-state index is 11.9. The third-order valence-corrected chi connectivity index (χ3v) is 4.51. The second-order valence-electron chi connectivity index (χ2n) is 6.47. The number of aliphatic hydroxyl groups is 1. The molecule has 11 nitrogen and oxygen atoms in total. The summed E-state index contributed by atoms with van der Waals surface area (Å²) in [5, 5.41) is 20.5. The molecule has 30 heavy (non-hydrogen) atoms. The van der Waals surface area contributed by atoms with E-state index in [4.69, 9.17) is 15.6 Å². The average Bonchev–Trinajstić information content (AvgIpc) is 3.40. The summed E-state index contributed by atoms with van der Waals surface area (Å²) in [6, 6.07) is 3.72. The van der Waals surface area contributed by atoms with Crippen LogP contribution in [0.3, 0.4) is 0 Å². The van der Waals surface area contributed by atoms with Gasteiger partial charge < -0.3 is 20.9 Å². The Hall–Kier alpha value is -3.99. The van der Waals surface area contributed by atoms with Gasteiger partial charge in [-0.15, -0.1) is 0 Å². The van der Waals surface area contributed by atoms with Crippen LogP contribution in [0.2, 0.25) is 0 Å². The van der Waals surface area contributed by atoms with Crippen molar-refractivity contribution in [3.63, 3.8) is 0 Å². The summed E-state index contributed by atoms with van der Waals surface area (Å²) < 4.78 is 8.03. The van der Waals surface area contributed by atoms with Crippen LogP contribution in [0.25, 0.3) is 16.8 Å². The van der Waals surface area contributed by atoms with Gasteiger partial charge in [0, 0.05) is 24.5 Å². The van der Waals surface area contributed by atoms with E-state index in [1.165, 1.54) is 13.3 Å². The Labute approximate surface area is 171 Å². The number of nitrogens with zero attached hydrogens (tertiary/aromatic N) is 6. The number of aliphatic hydroxyl groups excluding tert-OH is 1. The molecule has 11 heteroatoms. The van der Waals surface area contributed by atoms with Crippen LogP contribution in [0.15, 0.2) is 43.1 Å². The number of carbonyl (C=O) groups is 1. The van der Waals surface area contributed by atoms with Crippen molar-refractivity contribution in [1.82, 2.24) is 29.4 Å². The highest BCUT2D eigenvalue weighted by atomic mass is 16.5. The van der Waals surface area contributed by atoms with E-state index in [2.05, 4.69) is 25.5 Å². The van der Waals surface area contributed by atoms with Gasteiger partial charge in [-0.1, -0.05) is 0 Å². The lowest BCUT2D eigenvalue weighted by Gasteiger charge is -2.09. The van der Waals surface area contributed by atoms with Gasteiger partial charge in [0.2, 0.25) is 0 Å². The smallest absolute Gasteiger partial charge is 0.341 e. The highest BCUT2D eigenvalue weighted by Crippen LogP contribution is 2.22. The number of rotatable bonds is 7. The molecule has 0 aliphatic rings. The van der Waals surface area contributed by atoms with Crippen LogP contribution in [-0.2, 0) is 17.8 Å². The molecular formula is C19H20N8O3. The topological polar surface area (TPSA) is 145 Å². The summed E-state index contributed by atoms with van der Waals surface area (Å²) in [6.07, 6.45) is 8.24. The molecule has 0 aliphatic carbocycles. The zero-order valence-corrected chi connectivity index (χ0v) is 16.2. The van der Waals surface area contributed by atoms with Crippen molar-refractivity contribution in [3.05, 3.63) is 54.2 Å². The van der Waals surface area contributed by atoms with Gasteiger partial charge in [0.25, 0.3) is 0 Å². The lowest BCUT2D eigenvalue weighted by atomic mass is 10.2. The van der Waals surface area contributed by atoms with Crippen LogP contribution in [0.1, 0.15) is 15.9 Å². The SMILES string of the molecule is COC(=O)c1cnn2ccc(CNc3nc(-c4cnn(CCO)c4)cnc3N)cc12. The first kappa shape index (κ1) is 19.3. The lowest BCUT2D eigenvalue weighted by Crippen LogP contribution is -2.07. The molecule has 0 aliphatic heterocycles. The lowest BCUT2D eigenvalue weighted by molar-refractivity contribution is 0.0603. The second kappa shape index (κ2) is 8.17. The van der Waals surface area contributed by atoms with Gasteiger partial charge in [-0.25, -0.2) is 19.3 Å². The molecule has 0 bridgehead atoms. The highest BCUT2D eigenvalue weighted by molar-refractivity contribution is 5.96.